The molecule has 13 heteroatoms. The van der Waals surface area contributed by atoms with Gasteiger partial charge in [0.2, 0.25) is 5.82 Å². The van der Waals surface area contributed by atoms with Gasteiger partial charge in [-0.3, -0.25) is 14.4 Å². The third kappa shape index (κ3) is 7.79. The maximum Gasteiger partial charge on any atom is 0.573 e. The Morgan fingerprint density at radius 3 is 2.03 bits per heavy atom. The van der Waals surface area contributed by atoms with Crippen molar-refractivity contribution >= 4 is 17.8 Å². The van der Waals surface area contributed by atoms with E-state index in [-0.39, 0.29) is 24.4 Å². The van der Waals surface area contributed by atoms with E-state index in [0.717, 1.165) is 36.4 Å². The third-order valence-corrected chi connectivity index (χ3v) is 5.65. The van der Waals surface area contributed by atoms with Crippen LogP contribution >= 0.6 is 0 Å². The Bertz CT molecular complexity index is 1130. The van der Waals surface area contributed by atoms with Crippen molar-refractivity contribution in [3.05, 3.63) is 59.2 Å². The van der Waals surface area contributed by atoms with Crippen LogP contribution in [-0.4, -0.2) is 48.4 Å². The number of hydrogen-bond acceptors (Lipinski definition) is 5. The van der Waals surface area contributed by atoms with Gasteiger partial charge < -0.3 is 25.2 Å². The van der Waals surface area contributed by atoms with E-state index in [1.165, 1.54) is 0 Å². The molecular formula is C24H23F5N2O6. The number of amides is 2. The lowest BCUT2D eigenvalue weighted by Crippen LogP contribution is -2.35. The number of rotatable bonds is 9. The molecule has 200 valence electrons. The van der Waals surface area contributed by atoms with Crippen LogP contribution in [-0.2, 0) is 4.79 Å². The van der Waals surface area contributed by atoms with Crippen LogP contribution in [0.15, 0.2) is 36.4 Å². The van der Waals surface area contributed by atoms with Gasteiger partial charge in [-0.1, -0.05) is 0 Å². The number of hydrogen-bond donors (Lipinski definition) is 3. The summed E-state index contributed by atoms with van der Waals surface area (Å²) < 4.78 is 74.7. The molecule has 37 heavy (non-hydrogen) atoms. The number of carbonyl (C=O) groups excluding carboxylic acids is 2. The van der Waals surface area contributed by atoms with Crippen molar-refractivity contribution in [2.75, 3.05) is 13.1 Å². The number of alkyl halides is 3. The molecule has 3 rings (SSSR count). The number of ether oxygens (including phenoxy) is 2. The van der Waals surface area contributed by atoms with E-state index in [0.29, 0.717) is 25.7 Å². The Hall–Kier alpha value is -3.90. The molecular weight excluding hydrogens is 507 g/mol. The molecule has 0 heterocycles. The van der Waals surface area contributed by atoms with Crippen LogP contribution in [0.2, 0.25) is 0 Å². The van der Waals surface area contributed by atoms with Crippen molar-refractivity contribution in [2.45, 2.75) is 38.1 Å². The Balaban J connectivity index is 1.46. The highest BCUT2D eigenvalue weighted by molar-refractivity contribution is 5.95. The molecule has 0 bridgehead atoms. The predicted molar refractivity (Wildman–Crippen MR) is 118 cm³/mol. The molecule has 0 spiro atoms. The van der Waals surface area contributed by atoms with Crippen LogP contribution in [0.3, 0.4) is 0 Å². The maximum atomic E-state index is 14.5. The van der Waals surface area contributed by atoms with Gasteiger partial charge in [-0.15, -0.1) is 13.2 Å². The largest absolute Gasteiger partial charge is 0.573 e. The van der Waals surface area contributed by atoms with Gasteiger partial charge >= 0.3 is 12.3 Å². The monoisotopic (exact) mass is 530 g/mol. The van der Waals surface area contributed by atoms with E-state index >= 15 is 0 Å². The average molecular weight is 530 g/mol. The number of benzene rings is 2. The Kier molecular flexibility index (Phi) is 8.90. The fourth-order valence-corrected chi connectivity index (χ4v) is 3.76. The second kappa shape index (κ2) is 11.9. The topological polar surface area (TPSA) is 114 Å². The second-order valence-electron chi connectivity index (χ2n) is 8.25. The van der Waals surface area contributed by atoms with Gasteiger partial charge in [0, 0.05) is 18.7 Å². The first-order valence-electron chi connectivity index (χ1n) is 11.2. The number of carboxylic acid groups (broad SMARTS) is 1. The van der Waals surface area contributed by atoms with Gasteiger partial charge in [0.1, 0.15) is 5.75 Å². The summed E-state index contributed by atoms with van der Waals surface area (Å²) in [6, 6.07) is 6.34. The van der Waals surface area contributed by atoms with E-state index in [2.05, 4.69) is 15.4 Å². The van der Waals surface area contributed by atoms with Gasteiger partial charge in [-0.05, 0) is 62.1 Å². The summed E-state index contributed by atoms with van der Waals surface area (Å²) in [7, 11) is 0. The SMILES string of the molecule is O=C(NCCNC(=O)c1ccc(O[C@H]2CC[C@@H](C(=O)O)CC2)c(F)c1F)c1ccc(OC(F)(F)F)cc1. The molecule has 3 N–H and O–H groups in total. The zero-order chi connectivity index (χ0) is 27.2. The normalized spacial score (nSPS) is 17.5. The van der Waals surface area contributed by atoms with Crippen LogP contribution in [0.25, 0.3) is 0 Å². The number of carboxylic acids is 1. The molecule has 0 aromatic heterocycles. The fraction of sp³-hybridized carbons (Fsp3) is 0.375. The minimum atomic E-state index is -4.86. The molecule has 1 fully saturated rings. The van der Waals surface area contributed by atoms with Crippen LogP contribution in [0.1, 0.15) is 46.4 Å². The number of carbonyl (C=O) groups is 3. The summed E-state index contributed by atoms with van der Waals surface area (Å²) in [5.41, 5.74) is -0.535. The van der Waals surface area contributed by atoms with Gasteiger partial charge in [-0.2, -0.15) is 4.39 Å². The van der Waals surface area contributed by atoms with Crippen molar-refractivity contribution in [1.29, 1.82) is 0 Å². The van der Waals surface area contributed by atoms with Gasteiger partial charge in [0.25, 0.3) is 11.8 Å². The van der Waals surface area contributed by atoms with Crippen LogP contribution in [0.5, 0.6) is 11.5 Å². The van der Waals surface area contributed by atoms with Crippen molar-refractivity contribution in [3.8, 4) is 11.5 Å². The first-order valence-corrected chi connectivity index (χ1v) is 11.2. The second-order valence-corrected chi connectivity index (χ2v) is 8.25. The Labute approximate surface area is 207 Å². The molecule has 0 aliphatic heterocycles. The average Bonchev–Trinajstić information content (AvgIpc) is 2.84. The van der Waals surface area contributed by atoms with E-state index in [9.17, 15) is 36.3 Å². The zero-order valence-corrected chi connectivity index (χ0v) is 19.2. The lowest BCUT2D eigenvalue weighted by Gasteiger charge is -2.27. The smallest absolute Gasteiger partial charge is 0.487 e. The summed E-state index contributed by atoms with van der Waals surface area (Å²) >= 11 is 0. The van der Waals surface area contributed by atoms with E-state index in [1.54, 1.807) is 0 Å². The van der Waals surface area contributed by atoms with Crippen LogP contribution in [0, 0.1) is 17.6 Å². The van der Waals surface area contributed by atoms with Crippen molar-refractivity contribution < 1.29 is 50.9 Å². The van der Waals surface area contributed by atoms with E-state index in [4.69, 9.17) is 9.84 Å². The molecule has 0 unspecified atom stereocenters. The summed E-state index contributed by atoms with van der Waals surface area (Å²) in [6.07, 6.45) is -3.87. The maximum absolute atomic E-state index is 14.5. The molecule has 2 aromatic rings. The van der Waals surface area contributed by atoms with Gasteiger partial charge in [0.15, 0.2) is 11.6 Å². The molecule has 1 saturated carbocycles. The molecule has 1 aliphatic carbocycles. The summed E-state index contributed by atoms with van der Waals surface area (Å²) in [5, 5.41) is 13.8. The van der Waals surface area contributed by atoms with Crippen LogP contribution in [0.4, 0.5) is 22.0 Å². The molecule has 0 radical (unpaired) electrons. The summed E-state index contributed by atoms with van der Waals surface area (Å²) in [6.45, 7) is -0.248. The van der Waals surface area contributed by atoms with Crippen molar-refractivity contribution in [3.63, 3.8) is 0 Å². The van der Waals surface area contributed by atoms with Crippen LogP contribution < -0.4 is 20.1 Å². The Morgan fingerprint density at radius 2 is 1.46 bits per heavy atom. The van der Waals surface area contributed by atoms with E-state index in [1.807, 2.05) is 0 Å². The standard InChI is InChI=1S/C24H23F5N2O6/c25-19-17(9-10-18(20(19)26)36-15-5-3-14(4-6-15)23(34)35)22(33)31-12-11-30-21(32)13-1-7-16(8-2-13)37-24(27,28)29/h1-2,7-10,14-15H,3-6,11-12H2,(H,30,32)(H,31,33)(H,34,35)/t14-,15+. The molecule has 2 amide bonds. The zero-order valence-electron chi connectivity index (χ0n) is 19.2. The highest BCUT2D eigenvalue weighted by atomic mass is 19.4. The predicted octanol–water partition coefficient (Wildman–Crippen LogP) is 4.05. The van der Waals surface area contributed by atoms with Gasteiger partial charge in [-0.25, -0.2) is 4.39 Å². The van der Waals surface area contributed by atoms with Gasteiger partial charge in [0.05, 0.1) is 17.6 Å². The van der Waals surface area contributed by atoms with Crippen molar-refractivity contribution in [1.82, 2.24) is 10.6 Å². The van der Waals surface area contributed by atoms with E-state index < -0.39 is 59.1 Å². The quantitative estimate of drug-likeness (QED) is 0.333. The first-order chi connectivity index (χ1) is 17.4. The molecule has 2 aromatic carbocycles. The van der Waals surface area contributed by atoms with Crippen molar-refractivity contribution in [2.24, 2.45) is 5.92 Å². The lowest BCUT2D eigenvalue weighted by atomic mass is 9.87. The lowest BCUT2D eigenvalue weighted by molar-refractivity contribution is -0.274. The summed E-state index contributed by atoms with van der Waals surface area (Å²) in [4.78, 5) is 35.3. The molecule has 0 atom stereocenters. The highest BCUT2D eigenvalue weighted by Gasteiger charge is 2.31. The number of aliphatic carboxylic acids is 1. The highest BCUT2D eigenvalue weighted by Crippen LogP contribution is 2.30. The molecule has 0 saturated heterocycles. The summed E-state index contributed by atoms with van der Waals surface area (Å²) in [5.74, 6) is -6.61. The third-order valence-electron chi connectivity index (χ3n) is 5.65. The number of halogens is 5. The number of nitrogens with one attached hydrogen (secondary N) is 2. The first kappa shape index (κ1) is 27.7. The Morgan fingerprint density at radius 1 is 0.865 bits per heavy atom. The molecule has 8 nitrogen and oxygen atoms in total. The minimum Gasteiger partial charge on any atom is -0.487 e. The minimum absolute atomic E-state index is 0.0426. The molecule has 1 aliphatic rings. The fourth-order valence-electron chi connectivity index (χ4n) is 3.76.